The fourth-order valence-electron chi connectivity index (χ4n) is 0.807. The minimum Gasteiger partial charge on any atom is -0.102 e. The second kappa shape index (κ2) is 15.1. The van der Waals surface area contributed by atoms with Gasteiger partial charge in [0.2, 0.25) is 0 Å². The smallest absolute Gasteiger partial charge is 0.00235 e. The van der Waals surface area contributed by atoms with Gasteiger partial charge in [0, 0.05) is 0 Å². The van der Waals surface area contributed by atoms with Gasteiger partial charge in [0.1, 0.15) is 0 Å². The molecule has 0 fully saturated rings. The van der Waals surface area contributed by atoms with Crippen molar-refractivity contribution in [3.63, 3.8) is 0 Å². The van der Waals surface area contributed by atoms with E-state index in [0.717, 1.165) is 0 Å². The Hall–Kier alpha value is -2.88. The van der Waals surface area contributed by atoms with E-state index in [2.05, 4.69) is 42.1 Å². The van der Waals surface area contributed by atoms with E-state index >= 15 is 0 Å². The van der Waals surface area contributed by atoms with Gasteiger partial charge < -0.3 is 0 Å². The molecule has 19 heavy (non-hydrogen) atoms. The van der Waals surface area contributed by atoms with Crippen LogP contribution < -0.4 is 0 Å². The Labute approximate surface area is 116 Å². The summed E-state index contributed by atoms with van der Waals surface area (Å²) in [6.07, 6.45) is 19.6. The summed E-state index contributed by atoms with van der Waals surface area (Å²) in [5, 5.41) is 0. The first-order valence-electron chi connectivity index (χ1n) is 5.77. The van der Waals surface area contributed by atoms with Crippen molar-refractivity contribution in [3.05, 3.63) is 73.4 Å². The van der Waals surface area contributed by atoms with Gasteiger partial charge in [-0.3, -0.25) is 0 Å². The van der Waals surface area contributed by atoms with Crippen molar-refractivity contribution >= 4 is 0 Å². The lowest BCUT2D eigenvalue weighted by atomic mass is 10.4. The summed E-state index contributed by atoms with van der Waals surface area (Å²) in [4.78, 5) is 0. The minimum atomic E-state index is 1.69. The van der Waals surface area contributed by atoms with Gasteiger partial charge >= 0.3 is 0 Å². The molecule has 0 aromatic heterocycles. The van der Waals surface area contributed by atoms with Crippen LogP contribution in [0.25, 0.3) is 0 Å². The van der Waals surface area contributed by atoms with Crippen LogP contribution in [0.2, 0.25) is 0 Å². The average Bonchev–Trinajstić information content (AvgIpc) is 2.43. The zero-order chi connectivity index (χ0) is 14.0. The quantitative estimate of drug-likeness (QED) is 0.520. The molecule has 0 radical (unpaired) electrons. The Morgan fingerprint density at radius 2 is 0.947 bits per heavy atom. The predicted octanol–water partition coefficient (Wildman–Crippen LogP) is 3.98. The van der Waals surface area contributed by atoms with Gasteiger partial charge in [-0.1, -0.05) is 72.6 Å². The molecule has 0 aromatic rings. The van der Waals surface area contributed by atoms with Gasteiger partial charge in [0.15, 0.2) is 0 Å². The third-order valence-corrected chi connectivity index (χ3v) is 1.57. The summed E-state index contributed by atoms with van der Waals surface area (Å²) in [5.74, 6) is 17.0. The lowest BCUT2D eigenvalue weighted by molar-refractivity contribution is 1.89. The van der Waals surface area contributed by atoms with Crippen LogP contribution in [0.15, 0.2) is 73.4 Å². The highest BCUT2D eigenvalue weighted by molar-refractivity contribution is 5.31. The zero-order valence-electron chi connectivity index (χ0n) is 11.1. The molecule has 0 atom stereocenters. The highest BCUT2D eigenvalue weighted by atomic mass is 13.7. The van der Waals surface area contributed by atoms with Crippen LogP contribution in [0.1, 0.15) is 6.92 Å². The molecule has 0 nitrogen and oxygen atoms in total. The first kappa shape index (κ1) is 16.1. The van der Waals surface area contributed by atoms with E-state index in [0.29, 0.717) is 0 Å². The van der Waals surface area contributed by atoms with Crippen molar-refractivity contribution in [1.82, 2.24) is 0 Å². The topological polar surface area (TPSA) is 0 Å². The van der Waals surface area contributed by atoms with Gasteiger partial charge in [-0.15, -0.1) is 5.92 Å². The van der Waals surface area contributed by atoms with E-state index in [1.807, 2.05) is 24.3 Å². The fourth-order valence-corrected chi connectivity index (χ4v) is 0.807. The van der Waals surface area contributed by atoms with Crippen molar-refractivity contribution < 1.29 is 0 Å². The lowest BCUT2D eigenvalue weighted by Crippen LogP contribution is -1.54. The fraction of sp³-hybridized carbons (Fsp3) is 0.0526. The maximum absolute atomic E-state index is 3.55. The Morgan fingerprint density at radius 3 is 1.32 bits per heavy atom. The minimum absolute atomic E-state index is 1.69. The van der Waals surface area contributed by atoms with Crippen molar-refractivity contribution in [1.29, 1.82) is 0 Å². The first-order chi connectivity index (χ1) is 9.41. The molecule has 0 aliphatic rings. The highest BCUT2D eigenvalue weighted by Crippen LogP contribution is 1.78. The lowest BCUT2D eigenvalue weighted by Gasteiger charge is -1.69. The van der Waals surface area contributed by atoms with E-state index in [1.165, 1.54) is 0 Å². The highest BCUT2D eigenvalue weighted by Gasteiger charge is 1.62. The molecule has 0 unspecified atom stereocenters. The number of rotatable bonds is 3. The maximum atomic E-state index is 3.55. The van der Waals surface area contributed by atoms with Crippen molar-refractivity contribution in [2.24, 2.45) is 0 Å². The van der Waals surface area contributed by atoms with Crippen LogP contribution in [0.5, 0.6) is 0 Å². The molecule has 92 valence electrons. The monoisotopic (exact) mass is 244 g/mol. The third kappa shape index (κ3) is 15.1. The van der Waals surface area contributed by atoms with E-state index in [1.54, 1.807) is 49.5 Å². The molecule has 0 aliphatic carbocycles. The standard InChI is InChI=1S/C19H16/c1-3-5-7-9-11-13-15-17-19-18-16-14-12-10-8-6-4-2/h3,5,7-8,10,12-15,17,19H,1H2,2H3/b7-5+,10-8+,14-12-,15-13-,19-17+. The summed E-state index contributed by atoms with van der Waals surface area (Å²) in [7, 11) is 0. The maximum Gasteiger partial charge on any atom is -0.00235 e. The molecular weight excluding hydrogens is 228 g/mol. The average molecular weight is 244 g/mol. The number of allylic oxidation sites excluding steroid dienone is 11. The molecule has 0 aromatic carbocycles. The Kier molecular flexibility index (Phi) is 12.8. The molecule has 0 rings (SSSR count). The molecular formula is C19H16. The molecule has 0 bridgehead atoms. The Bertz CT molecular complexity index is 571. The molecule has 0 aliphatic heterocycles. The van der Waals surface area contributed by atoms with Crippen LogP contribution in [0, 0.1) is 35.5 Å². The van der Waals surface area contributed by atoms with Gasteiger partial charge in [-0.05, 0) is 37.3 Å². The molecule has 0 heteroatoms. The summed E-state index contributed by atoms with van der Waals surface area (Å²) in [5.41, 5.74) is 0. The number of hydrogen-bond acceptors (Lipinski definition) is 0. The molecule has 0 N–H and O–H groups in total. The van der Waals surface area contributed by atoms with E-state index in [-0.39, 0.29) is 0 Å². The first-order valence-corrected chi connectivity index (χ1v) is 5.77. The van der Waals surface area contributed by atoms with Crippen LogP contribution >= 0.6 is 0 Å². The van der Waals surface area contributed by atoms with Crippen LogP contribution in [-0.4, -0.2) is 0 Å². The normalized spacial score (nSPS) is 10.4. The van der Waals surface area contributed by atoms with Crippen molar-refractivity contribution in [3.8, 4) is 35.5 Å². The van der Waals surface area contributed by atoms with Crippen molar-refractivity contribution in [2.75, 3.05) is 0 Å². The predicted molar refractivity (Wildman–Crippen MR) is 84.9 cm³/mol. The van der Waals surface area contributed by atoms with Crippen LogP contribution in [0.4, 0.5) is 0 Å². The second-order valence-electron chi connectivity index (χ2n) is 3.00. The third-order valence-electron chi connectivity index (χ3n) is 1.57. The molecule has 0 spiro atoms. The van der Waals surface area contributed by atoms with Crippen molar-refractivity contribution in [2.45, 2.75) is 6.92 Å². The summed E-state index contributed by atoms with van der Waals surface area (Å²) in [6, 6.07) is 0. The second-order valence-corrected chi connectivity index (χ2v) is 3.00. The Morgan fingerprint density at radius 1 is 0.579 bits per heavy atom. The van der Waals surface area contributed by atoms with E-state index in [4.69, 9.17) is 0 Å². The van der Waals surface area contributed by atoms with Gasteiger partial charge in [-0.25, -0.2) is 0 Å². The molecule has 0 saturated heterocycles. The Balaban J connectivity index is 3.98. The largest absolute Gasteiger partial charge is 0.102 e. The van der Waals surface area contributed by atoms with Gasteiger partial charge in [0.25, 0.3) is 0 Å². The van der Waals surface area contributed by atoms with Crippen LogP contribution in [-0.2, 0) is 0 Å². The molecule has 0 heterocycles. The summed E-state index contributed by atoms with van der Waals surface area (Å²) >= 11 is 0. The van der Waals surface area contributed by atoms with Crippen LogP contribution in [0.3, 0.4) is 0 Å². The molecule has 0 saturated carbocycles. The van der Waals surface area contributed by atoms with E-state index < -0.39 is 0 Å². The van der Waals surface area contributed by atoms with Gasteiger partial charge in [0.05, 0.1) is 0 Å². The summed E-state index contributed by atoms with van der Waals surface area (Å²) < 4.78 is 0. The molecule has 0 amide bonds. The van der Waals surface area contributed by atoms with E-state index in [9.17, 15) is 0 Å². The van der Waals surface area contributed by atoms with Gasteiger partial charge in [-0.2, -0.15) is 0 Å². The summed E-state index contributed by atoms with van der Waals surface area (Å²) in [6.45, 7) is 5.35. The number of hydrogen-bond donors (Lipinski definition) is 0. The SMILES string of the molecule is C=C/C=C/C#C/C=C\C=C\C#C/C=C\C=C\C#CC. The zero-order valence-corrected chi connectivity index (χ0v) is 11.1.